The number of aliphatic hydroxyl groups is 1. The van der Waals surface area contributed by atoms with Gasteiger partial charge in [0.1, 0.15) is 12.1 Å². The van der Waals surface area contributed by atoms with Crippen LogP contribution in [0.3, 0.4) is 0 Å². The van der Waals surface area contributed by atoms with E-state index in [1.165, 1.54) is 11.1 Å². The fourth-order valence-corrected chi connectivity index (χ4v) is 5.52. The fourth-order valence-electron chi connectivity index (χ4n) is 5.52. The van der Waals surface area contributed by atoms with Gasteiger partial charge in [-0.15, -0.1) is 0 Å². The largest absolute Gasteiger partial charge is 0.481 e. The van der Waals surface area contributed by atoms with Crippen molar-refractivity contribution in [3.63, 3.8) is 0 Å². The van der Waals surface area contributed by atoms with E-state index in [4.69, 9.17) is 5.11 Å². The SMILES string of the molecule is CC(C)c1cccc(C2(NC[C@H](O)[C@H](Cc3ccc(Nc4cc(-c5ccccc5)ncn4)cc3)NCCCC(=O)O)CC2)c1. The lowest BCUT2D eigenvalue weighted by Crippen LogP contribution is -2.48. The van der Waals surface area contributed by atoms with Crippen LogP contribution in [0.15, 0.2) is 91.3 Å². The predicted molar refractivity (Wildman–Crippen MR) is 175 cm³/mol. The van der Waals surface area contributed by atoms with Gasteiger partial charge in [0.25, 0.3) is 0 Å². The van der Waals surface area contributed by atoms with Crippen LogP contribution in [0, 0.1) is 0 Å². The molecule has 0 unspecified atom stereocenters. The van der Waals surface area contributed by atoms with Crippen LogP contribution < -0.4 is 16.0 Å². The number of aliphatic carboxylic acids is 1. The molecule has 0 radical (unpaired) electrons. The zero-order valence-corrected chi connectivity index (χ0v) is 25.5. The predicted octanol–water partition coefficient (Wildman–Crippen LogP) is 6.02. The minimum absolute atomic E-state index is 0.0889. The number of carboxylic acids is 1. The van der Waals surface area contributed by atoms with Gasteiger partial charge in [0.2, 0.25) is 0 Å². The highest BCUT2D eigenvalue weighted by Gasteiger charge is 2.44. The van der Waals surface area contributed by atoms with Crippen molar-refractivity contribution in [2.75, 3.05) is 18.4 Å². The molecular weight excluding hydrogens is 550 g/mol. The Morgan fingerprint density at radius 1 is 0.955 bits per heavy atom. The molecule has 0 aliphatic heterocycles. The summed E-state index contributed by atoms with van der Waals surface area (Å²) in [6.45, 7) is 5.38. The average molecular weight is 594 g/mol. The van der Waals surface area contributed by atoms with Crippen LogP contribution in [0.1, 0.15) is 62.1 Å². The van der Waals surface area contributed by atoms with Crippen LogP contribution in [0.2, 0.25) is 0 Å². The Morgan fingerprint density at radius 2 is 1.73 bits per heavy atom. The number of aliphatic hydroxyl groups excluding tert-OH is 1. The first kappa shape index (κ1) is 31.3. The molecule has 44 heavy (non-hydrogen) atoms. The van der Waals surface area contributed by atoms with Crippen molar-refractivity contribution in [3.05, 3.63) is 108 Å². The summed E-state index contributed by atoms with van der Waals surface area (Å²) in [6, 6.07) is 28.6. The van der Waals surface area contributed by atoms with E-state index in [0.717, 1.165) is 35.3 Å². The van der Waals surface area contributed by atoms with Crippen molar-refractivity contribution in [1.29, 1.82) is 0 Å². The van der Waals surface area contributed by atoms with Crippen molar-refractivity contribution in [3.8, 4) is 11.3 Å². The van der Waals surface area contributed by atoms with Crippen LogP contribution in [0.25, 0.3) is 11.3 Å². The molecule has 1 fully saturated rings. The summed E-state index contributed by atoms with van der Waals surface area (Å²) in [5.74, 6) is 0.358. The van der Waals surface area contributed by atoms with E-state index in [1.807, 2.05) is 60.7 Å². The number of nitrogens with zero attached hydrogens (tertiary/aromatic N) is 2. The summed E-state index contributed by atoms with van der Waals surface area (Å²) < 4.78 is 0. The number of hydrogen-bond donors (Lipinski definition) is 5. The topological polar surface area (TPSA) is 119 Å². The van der Waals surface area contributed by atoms with E-state index < -0.39 is 12.1 Å². The smallest absolute Gasteiger partial charge is 0.303 e. The first-order chi connectivity index (χ1) is 21.3. The molecule has 4 aromatic rings. The number of anilines is 2. The van der Waals surface area contributed by atoms with E-state index in [2.05, 4.69) is 64.0 Å². The molecule has 1 saturated carbocycles. The van der Waals surface area contributed by atoms with E-state index in [-0.39, 0.29) is 18.0 Å². The Morgan fingerprint density at radius 3 is 2.43 bits per heavy atom. The molecule has 1 aromatic heterocycles. The van der Waals surface area contributed by atoms with Gasteiger partial charge in [-0.05, 0) is 67.0 Å². The molecule has 230 valence electrons. The standard InChI is InChI=1S/C36H43N5O3/c1-25(2)28-10-6-11-29(21-28)36(17-18-36)40-23-33(42)32(37-19-7-12-35(43)44)20-26-13-15-30(16-14-26)41-34-22-31(38-24-39-34)27-8-4-3-5-9-27/h3-6,8-11,13-16,21-22,24-25,32-33,37,40,42H,7,12,17-20,23H2,1-2H3,(H,43,44)(H,38,39,41)/t32-,33-/m0/s1. The molecule has 5 N–H and O–H groups in total. The minimum atomic E-state index is -0.812. The van der Waals surface area contributed by atoms with Gasteiger partial charge >= 0.3 is 5.97 Å². The van der Waals surface area contributed by atoms with Gasteiger partial charge in [0.05, 0.1) is 11.8 Å². The third kappa shape index (κ3) is 8.50. The summed E-state index contributed by atoms with van der Waals surface area (Å²) in [4.78, 5) is 19.8. The number of hydrogen-bond acceptors (Lipinski definition) is 7. The third-order valence-corrected chi connectivity index (χ3v) is 8.36. The highest BCUT2D eigenvalue weighted by atomic mass is 16.4. The molecule has 0 spiro atoms. The summed E-state index contributed by atoms with van der Waals surface area (Å²) in [5, 5.41) is 30.9. The van der Waals surface area contributed by atoms with E-state index in [0.29, 0.717) is 37.7 Å². The van der Waals surface area contributed by atoms with Crippen LogP contribution in [0.5, 0.6) is 0 Å². The summed E-state index contributed by atoms with van der Waals surface area (Å²) in [7, 11) is 0. The minimum Gasteiger partial charge on any atom is -0.481 e. The normalized spacial score (nSPS) is 15.1. The Hall–Kier alpha value is -4.11. The maximum Gasteiger partial charge on any atom is 0.303 e. The van der Waals surface area contributed by atoms with Gasteiger partial charge in [0, 0.05) is 41.9 Å². The molecular formula is C36H43N5O3. The van der Waals surface area contributed by atoms with Gasteiger partial charge in [-0.25, -0.2) is 9.97 Å². The number of rotatable bonds is 16. The van der Waals surface area contributed by atoms with E-state index >= 15 is 0 Å². The van der Waals surface area contributed by atoms with Crippen LogP contribution in [-0.4, -0.2) is 51.4 Å². The molecule has 0 saturated heterocycles. The number of carbonyl (C=O) groups is 1. The highest BCUT2D eigenvalue weighted by molar-refractivity contribution is 5.66. The highest BCUT2D eigenvalue weighted by Crippen LogP contribution is 2.46. The summed E-state index contributed by atoms with van der Waals surface area (Å²) in [5.41, 5.74) is 6.37. The molecule has 2 atom stereocenters. The van der Waals surface area contributed by atoms with Crippen molar-refractivity contribution >= 4 is 17.5 Å². The Kier molecular flexibility index (Phi) is 10.4. The maximum atomic E-state index is 11.4. The second-order valence-electron chi connectivity index (χ2n) is 12.0. The van der Waals surface area contributed by atoms with Crippen LogP contribution in [-0.2, 0) is 16.8 Å². The average Bonchev–Trinajstić information content (AvgIpc) is 3.84. The lowest BCUT2D eigenvalue weighted by Gasteiger charge is -2.28. The van der Waals surface area contributed by atoms with Gasteiger partial charge in [-0.3, -0.25) is 4.79 Å². The molecule has 5 rings (SSSR count). The third-order valence-electron chi connectivity index (χ3n) is 8.36. The second kappa shape index (κ2) is 14.6. The second-order valence-corrected chi connectivity index (χ2v) is 12.0. The molecule has 8 heteroatoms. The van der Waals surface area contributed by atoms with Gasteiger partial charge in [-0.1, -0.05) is 80.6 Å². The molecule has 3 aromatic carbocycles. The van der Waals surface area contributed by atoms with Crippen LogP contribution in [0.4, 0.5) is 11.5 Å². The first-order valence-corrected chi connectivity index (χ1v) is 15.5. The fraction of sp³-hybridized carbons (Fsp3) is 0.361. The number of nitrogens with one attached hydrogen (secondary N) is 3. The van der Waals surface area contributed by atoms with Crippen molar-refractivity contribution in [1.82, 2.24) is 20.6 Å². The summed E-state index contributed by atoms with van der Waals surface area (Å²) >= 11 is 0. The Labute approximate surface area is 260 Å². The molecule has 8 nitrogen and oxygen atoms in total. The van der Waals surface area contributed by atoms with Gasteiger partial charge < -0.3 is 26.2 Å². The zero-order chi connectivity index (χ0) is 30.9. The molecule has 1 aliphatic carbocycles. The zero-order valence-electron chi connectivity index (χ0n) is 25.5. The van der Waals surface area contributed by atoms with Crippen LogP contribution >= 0.6 is 0 Å². The number of carboxylic acid groups (broad SMARTS) is 1. The monoisotopic (exact) mass is 593 g/mol. The van der Waals surface area contributed by atoms with Crippen molar-refractivity contribution < 1.29 is 15.0 Å². The first-order valence-electron chi connectivity index (χ1n) is 15.5. The van der Waals surface area contributed by atoms with Gasteiger partial charge in [-0.2, -0.15) is 0 Å². The lowest BCUT2D eigenvalue weighted by molar-refractivity contribution is -0.137. The molecule has 0 amide bonds. The maximum absolute atomic E-state index is 11.4. The number of aromatic nitrogens is 2. The molecule has 0 bridgehead atoms. The van der Waals surface area contributed by atoms with E-state index in [9.17, 15) is 9.90 Å². The van der Waals surface area contributed by atoms with Gasteiger partial charge in [0.15, 0.2) is 0 Å². The van der Waals surface area contributed by atoms with E-state index in [1.54, 1.807) is 6.33 Å². The lowest BCUT2D eigenvalue weighted by atomic mass is 9.96. The Bertz CT molecular complexity index is 1510. The summed E-state index contributed by atoms with van der Waals surface area (Å²) in [6.07, 6.45) is 4.21. The quantitative estimate of drug-likeness (QED) is 0.100. The Balaban J connectivity index is 1.22. The van der Waals surface area contributed by atoms with Crippen molar-refractivity contribution in [2.45, 2.75) is 69.6 Å². The molecule has 1 heterocycles. The van der Waals surface area contributed by atoms with Crippen molar-refractivity contribution in [2.24, 2.45) is 0 Å². The number of benzene rings is 3. The molecule has 1 aliphatic rings.